The predicted molar refractivity (Wildman–Crippen MR) is 64.2 cm³/mol. The average molecular weight is 229 g/mol. The van der Waals surface area contributed by atoms with E-state index in [4.69, 9.17) is 16.3 Å². The van der Waals surface area contributed by atoms with E-state index in [0.29, 0.717) is 5.75 Å². The fourth-order valence-corrected chi connectivity index (χ4v) is 1.30. The van der Waals surface area contributed by atoms with E-state index in [0.717, 1.165) is 0 Å². The Balaban J connectivity index is 2.95. The van der Waals surface area contributed by atoms with Crippen LogP contribution >= 0.6 is 23.8 Å². The lowest BCUT2D eigenvalue weighted by Crippen LogP contribution is -2.11. The van der Waals surface area contributed by atoms with Gasteiger partial charge in [-0.3, -0.25) is 0 Å². The first-order valence-corrected chi connectivity index (χ1v) is 5.16. The van der Waals surface area contributed by atoms with Gasteiger partial charge in [-0.2, -0.15) is 0 Å². The molecule has 0 radical (unpaired) electrons. The number of hydrogen-bond acceptors (Lipinski definition) is 2. The van der Waals surface area contributed by atoms with Crippen LogP contribution in [-0.4, -0.2) is 4.51 Å². The third-order valence-electron chi connectivity index (χ3n) is 1.90. The van der Waals surface area contributed by atoms with Gasteiger partial charge in [-0.15, -0.1) is 0 Å². The molecular weight excluding hydrogens is 216 g/mol. The summed E-state index contributed by atoms with van der Waals surface area (Å²) in [5.74, 6) is 0.692. The van der Waals surface area contributed by atoms with Crippen molar-refractivity contribution in [1.29, 1.82) is 0 Å². The molecule has 1 aromatic rings. The monoisotopic (exact) mass is 228 g/mol. The second-order valence-corrected chi connectivity index (χ2v) is 5.06. The van der Waals surface area contributed by atoms with Crippen LogP contribution in [0.5, 0.6) is 5.75 Å². The van der Waals surface area contributed by atoms with Crippen molar-refractivity contribution >= 4 is 28.3 Å². The first-order valence-electron chi connectivity index (χ1n) is 4.37. The van der Waals surface area contributed by atoms with Gasteiger partial charge >= 0.3 is 0 Å². The Morgan fingerprint density at radius 3 is 2.50 bits per heavy atom. The van der Waals surface area contributed by atoms with Gasteiger partial charge in [0.15, 0.2) is 0 Å². The highest BCUT2D eigenvalue weighted by Crippen LogP contribution is 2.25. The van der Waals surface area contributed by atoms with E-state index in [1.165, 1.54) is 5.56 Å². The highest BCUT2D eigenvalue weighted by molar-refractivity contribution is 7.82. The lowest BCUT2D eigenvalue weighted by atomic mass is 9.87. The molecule has 76 valence electrons. The topological polar surface area (TPSA) is 9.23 Å². The molecule has 1 nitrogen and oxygen atoms in total. The molecule has 0 unspecified atom stereocenters. The molecule has 0 heterocycles. The first-order chi connectivity index (χ1) is 6.39. The molecule has 0 saturated heterocycles. The molecule has 0 aliphatic carbocycles. The Morgan fingerprint density at radius 1 is 1.36 bits per heavy atom. The maximum Gasteiger partial charge on any atom is 0.260 e. The van der Waals surface area contributed by atoms with Crippen LogP contribution in [0.2, 0.25) is 0 Å². The lowest BCUT2D eigenvalue weighted by Gasteiger charge is -2.19. The van der Waals surface area contributed by atoms with Gasteiger partial charge < -0.3 is 4.74 Å². The molecule has 14 heavy (non-hydrogen) atoms. The van der Waals surface area contributed by atoms with Crippen molar-refractivity contribution in [2.24, 2.45) is 0 Å². The minimum atomic E-state index is 0.0241. The van der Waals surface area contributed by atoms with Gasteiger partial charge in [0.05, 0.1) is 0 Å². The smallest absolute Gasteiger partial charge is 0.260 e. The molecule has 0 N–H and O–H groups in total. The van der Waals surface area contributed by atoms with E-state index in [9.17, 15) is 0 Å². The van der Waals surface area contributed by atoms with Crippen LogP contribution in [0.15, 0.2) is 24.3 Å². The third kappa shape index (κ3) is 3.28. The van der Waals surface area contributed by atoms with Crippen molar-refractivity contribution in [2.45, 2.75) is 26.2 Å². The number of hydrogen-bond donors (Lipinski definition) is 0. The minimum absolute atomic E-state index is 0.0241. The van der Waals surface area contributed by atoms with Crippen LogP contribution < -0.4 is 4.74 Å². The van der Waals surface area contributed by atoms with Crippen LogP contribution in [0.4, 0.5) is 0 Å². The molecule has 0 amide bonds. The summed E-state index contributed by atoms with van der Waals surface area (Å²) in [4.78, 5) is 0. The van der Waals surface area contributed by atoms with E-state index in [-0.39, 0.29) is 9.92 Å². The van der Waals surface area contributed by atoms with Crippen LogP contribution in [0, 0.1) is 0 Å². The highest BCUT2D eigenvalue weighted by Gasteiger charge is 2.13. The molecular formula is C11H13ClOS. The van der Waals surface area contributed by atoms with Crippen molar-refractivity contribution in [3.05, 3.63) is 29.8 Å². The predicted octanol–water partition coefficient (Wildman–Crippen LogP) is 3.89. The Hall–Kier alpha value is -0.600. The van der Waals surface area contributed by atoms with Crippen molar-refractivity contribution in [3.8, 4) is 5.75 Å². The van der Waals surface area contributed by atoms with Crippen LogP contribution in [-0.2, 0) is 5.41 Å². The molecule has 0 aromatic heterocycles. The van der Waals surface area contributed by atoms with E-state index in [1.807, 2.05) is 18.2 Å². The fraction of sp³-hybridized carbons (Fsp3) is 0.364. The molecule has 0 aliphatic rings. The average Bonchev–Trinajstić information content (AvgIpc) is 2.01. The summed E-state index contributed by atoms with van der Waals surface area (Å²) in [5, 5.41) is 0. The van der Waals surface area contributed by atoms with E-state index in [2.05, 4.69) is 39.1 Å². The standard InChI is InChI=1S/C11H13ClOS/c1-11(2,3)8-5-4-6-9(7-8)13-10(12)14/h4-7H,1-3H3. The number of halogens is 1. The Labute approximate surface area is 95.0 Å². The molecule has 0 aliphatic heterocycles. The maximum atomic E-state index is 5.49. The number of rotatable bonds is 1. The van der Waals surface area contributed by atoms with E-state index in [1.54, 1.807) is 0 Å². The summed E-state index contributed by atoms with van der Waals surface area (Å²) in [6.07, 6.45) is 0. The lowest BCUT2D eigenvalue weighted by molar-refractivity contribution is 0.558. The Morgan fingerprint density at radius 2 is 2.00 bits per heavy atom. The number of thiocarbonyl (C=S) groups is 1. The molecule has 1 rings (SSSR count). The molecule has 0 bridgehead atoms. The molecule has 1 aromatic carbocycles. The second-order valence-electron chi connectivity index (χ2n) is 4.12. The Bertz CT molecular complexity index is 341. The number of benzene rings is 1. The molecule has 0 atom stereocenters. The van der Waals surface area contributed by atoms with Gasteiger partial charge in [0.25, 0.3) is 4.51 Å². The minimum Gasteiger partial charge on any atom is -0.436 e. The summed E-state index contributed by atoms with van der Waals surface area (Å²) in [6, 6.07) is 7.79. The van der Waals surface area contributed by atoms with Gasteiger partial charge in [0.1, 0.15) is 5.75 Å². The summed E-state index contributed by atoms with van der Waals surface area (Å²) < 4.78 is 5.17. The van der Waals surface area contributed by atoms with E-state index < -0.39 is 0 Å². The van der Waals surface area contributed by atoms with Crippen LogP contribution in [0.3, 0.4) is 0 Å². The van der Waals surface area contributed by atoms with Crippen molar-refractivity contribution in [2.75, 3.05) is 0 Å². The van der Waals surface area contributed by atoms with Gasteiger partial charge in [-0.1, -0.05) is 32.9 Å². The van der Waals surface area contributed by atoms with Crippen LogP contribution in [0.25, 0.3) is 0 Å². The zero-order valence-corrected chi connectivity index (χ0v) is 10.1. The van der Waals surface area contributed by atoms with Crippen LogP contribution in [0.1, 0.15) is 26.3 Å². The van der Waals surface area contributed by atoms with Gasteiger partial charge in [-0.25, -0.2) is 0 Å². The summed E-state index contributed by atoms with van der Waals surface area (Å²) >= 11 is 10.1. The second kappa shape index (κ2) is 4.28. The van der Waals surface area contributed by atoms with Crippen molar-refractivity contribution in [1.82, 2.24) is 0 Å². The zero-order valence-electron chi connectivity index (χ0n) is 8.50. The zero-order chi connectivity index (χ0) is 10.8. The fourth-order valence-electron chi connectivity index (χ4n) is 1.12. The highest BCUT2D eigenvalue weighted by atomic mass is 35.5. The Kier molecular flexibility index (Phi) is 3.51. The molecule has 0 fully saturated rings. The molecule has 3 heteroatoms. The van der Waals surface area contributed by atoms with Gasteiger partial charge in [0.2, 0.25) is 0 Å². The third-order valence-corrected chi connectivity index (χ3v) is 2.06. The van der Waals surface area contributed by atoms with Gasteiger partial charge in [-0.05, 0) is 46.9 Å². The van der Waals surface area contributed by atoms with Crippen molar-refractivity contribution in [3.63, 3.8) is 0 Å². The van der Waals surface area contributed by atoms with E-state index >= 15 is 0 Å². The quantitative estimate of drug-likeness (QED) is 0.533. The van der Waals surface area contributed by atoms with Gasteiger partial charge in [0, 0.05) is 0 Å². The SMILES string of the molecule is CC(C)(C)c1cccc(OC(=S)Cl)c1. The summed E-state index contributed by atoms with van der Waals surface area (Å²) in [7, 11) is 0. The molecule has 0 saturated carbocycles. The summed E-state index contributed by atoms with van der Waals surface area (Å²) in [5.41, 5.74) is 1.30. The first kappa shape index (κ1) is 11.5. The molecule has 0 spiro atoms. The number of ether oxygens (including phenoxy) is 1. The normalized spacial score (nSPS) is 11.1. The van der Waals surface area contributed by atoms with Crippen molar-refractivity contribution < 1.29 is 4.74 Å². The largest absolute Gasteiger partial charge is 0.436 e. The summed E-state index contributed by atoms with van der Waals surface area (Å²) in [6.45, 7) is 6.43. The maximum absolute atomic E-state index is 5.49.